The number of aryl methyl sites for hydroxylation is 1. The van der Waals surface area contributed by atoms with Crippen LogP contribution in [0.2, 0.25) is 10.0 Å². The lowest BCUT2D eigenvalue weighted by Gasteiger charge is -2.12. The molecule has 0 fully saturated rings. The van der Waals surface area contributed by atoms with Crippen LogP contribution in [0.1, 0.15) is 23.0 Å². The number of carbonyl (C=O) groups excluding carboxylic acids is 1. The molecule has 1 N–H and O–H groups in total. The van der Waals surface area contributed by atoms with E-state index in [2.05, 4.69) is 19.8 Å². The molecule has 0 bridgehead atoms. The van der Waals surface area contributed by atoms with Gasteiger partial charge in [-0.15, -0.1) is 5.10 Å². The summed E-state index contributed by atoms with van der Waals surface area (Å²) in [6, 6.07) is 4.33. The number of carbonyl (C=O) groups is 1. The van der Waals surface area contributed by atoms with Crippen molar-refractivity contribution in [3.05, 3.63) is 45.7 Å². The number of nitrogens with zero attached hydrogens (tertiary/aromatic N) is 4. The maximum Gasteiger partial charge on any atom is 0.339 e. The summed E-state index contributed by atoms with van der Waals surface area (Å²) in [5, 5.41) is 3.17. The third-order valence-electron chi connectivity index (χ3n) is 3.39. The molecule has 0 saturated carbocycles. The maximum atomic E-state index is 12.7. The predicted octanol–water partition coefficient (Wildman–Crippen LogP) is 2.72. The normalized spacial score (nSPS) is 11.6. The van der Waals surface area contributed by atoms with E-state index in [-0.39, 0.29) is 33.7 Å². The number of ether oxygens (including phenoxy) is 1. The quantitative estimate of drug-likeness (QED) is 0.619. The van der Waals surface area contributed by atoms with Gasteiger partial charge in [0, 0.05) is 11.9 Å². The molecule has 3 aromatic rings. The van der Waals surface area contributed by atoms with Gasteiger partial charge in [0.25, 0.3) is 21.0 Å². The van der Waals surface area contributed by atoms with Crippen molar-refractivity contribution >= 4 is 50.7 Å². The maximum absolute atomic E-state index is 12.7. The van der Waals surface area contributed by atoms with Gasteiger partial charge in [-0.2, -0.15) is 13.4 Å². The third kappa shape index (κ3) is 3.82. The van der Waals surface area contributed by atoms with Crippen LogP contribution in [0.15, 0.2) is 29.6 Å². The van der Waals surface area contributed by atoms with Crippen molar-refractivity contribution in [2.45, 2.75) is 19.0 Å². The fraction of sp³-hybridized carbons (Fsp3) is 0.200. The first-order chi connectivity index (χ1) is 12.7. The Kier molecular flexibility index (Phi) is 5.22. The van der Waals surface area contributed by atoms with Crippen LogP contribution < -0.4 is 4.72 Å². The molecule has 0 spiro atoms. The molecule has 0 radical (unpaired) electrons. The topological polar surface area (TPSA) is 116 Å². The average Bonchev–Trinajstić information content (AvgIpc) is 3.03. The van der Waals surface area contributed by atoms with E-state index >= 15 is 0 Å². The van der Waals surface area contributed by atoms with Crippen LogP contribution in [0.25, 0.3) is 5.78 Å². The van der Waals surface area contributed by atoms with Gasteiger partial charge in [0.2, 0.25) is 0 Å². The van der Waals surface area contributed by atoms with Crippen molar-refractivity contribution in [3.8, 4) is 0 Å². The van der Waals surface area contributed by atoms with Gasteiger partial charge in [-0.05, 0) is 32.0 Å². The van der Waals surface area contributed by atoms with Gasteiger partial charge >= 0.3 is 5.97 Å². The standard InChI is InChI=1S/C15H13Cl2N5O4S/c1-3-26-13(23)9-4-5-10(16)12(11(9)17)21-27(24,25)15-19-14-18-8(2)6-7-22(14)20-15/h4-7,21H,3H2,1-2H3. The molecule has 3 rings (SSSR count). The highest BCUT2D eigenvalue weighted by Crippen LogP contribution is 2.35. The Hall–Kier alpha value is -2.43. The molecule has 9 nitrogen and oxygen atoms in total. The Morgan fingerprint density at radius 1 is 1.26 bits per heavy atom. The summed E-state index contributed by atoms with van der Waals surface area (Å²) >= 11 is 12.2. The summed E-state index contributed by atoms with van der Waals surface area (Å²) in [4.78, 5) is 19.9. The molecule has 0 amide bonds. The van der Waals surface area contributed by atoms with Crippen molar-refractivity contribution in [2.24, 2.45) is 0 Å². The van der Waals surface area contributed by atoms with Crippen molar-refractivity contribution in [1.29, 1.82) is 0 Å². The smallest absolute Gasteiger partial charge is 0.339 e. The van der Waals surface area contributed by atoms with Crippen molar-refractivity contribution in [1.82, 2.24) is 19.6 Å². The number of aromatic nitrogens is 4. The van der Waals surface area contributed by atoms with Crippen LogP contribution in [0, 0.1) is 6.92 Å². The molecule has 142 valence electrons. The van der Waals surface area contributed by atoms with Crippen molar-refractivity contribution in [3.63, 3.8) is 0 Å². The minimum Gasteiger partial charge on any atom is -0.462 e. The fourth-order valence-electron chi connectivity index (χ4n) is 2.15. The lowest BCUT2D eigenvalue weighted by atomic mass is 10.2. The molecule has 0 atom stereocenters. The van der Waals surface area contributed by atoms with E-state index < -0.39 is 21.1 Å². The Morgan fingerprint density at radius 2 is 2.00 bits per heavy atom. The third-order valence-corrected chi connectivity index (χ3v) is 5.22. The molecular weight excluding hydrogens is 417 g/mol. The Balaban J connectivity index is 2.02. The van der Waals surface area contributed by atoms with Crippen molar-refractivity contribution in [2.75, 3.05) is 11.3 Å². The number of esters is 1. The molecule has 2 aromatic heterocycles. The van der Waals surface area contributed by atoms with E-state index in [9.17, 15) is 13.2 Å². The fourth-order valence-corrected chi connectivity index (χ4v) is 3.78. The summed E-state index contributed by atoms with van der Waals surface area (Å²) in [5.41, 5.74) is 0.452. The lowest BCUT2D eigenvalue weighted by molar-refractivity contribution is 0.0526. The number of nitrogens with one attached hydrogen (secondary N) is 1. The first-order valence-corrected chi connectivity index (χ1v) is 9.85. The first kappa shape index (κ1) is 19.3. The summed E-state index contributed by atoms with van der Waals surface area (Å²) in [5.74, 6) is -0.585. The van der Waals surface area contributed by atoms with Crippen LogP contribution in [0.3, 0.4) is 0 Å². The molecule has 0 aliphatic rings. The Morgan fingerprint density at radius 3 is 2.70 bits per heavy atom. The predicted molar refractivity (Wildman–Crippen MR) is 98.7 cm³/mol. The number of anilines is 1. The van der Waals surface area contributed by atoms with Crippen LogP contribution in [0.5, 0.6) is 0 Å². The zero-order valence-corrected chi connectivity index (χ0v) is 16.4. The summed E-state index contributed by atoms with van der Waals surface area (Å²) < 4.78 is 33.6. The Bertz CT molecular complexity index is 1150. The van der Waals surface area contributed by atoms with Crippen LogP contribution in [-0.4, -0.2) is 40.6 Å². The zero-order chi connectivity index (χ0) is 19.8. The highest BCUT2D eigenvalue weighted by Gasteiger charge is 2.25. The van der Waals surface area contributed by atoms with Gasteiger partial charge in [0.1, 0.15) is 0 Å². The molecule has 0 unspecified atom stereocenters. The number of hydrogen-bond donors (Lipinski definition) is 1. The minimum atomic E-state index is -4.24. The van der Waals surface area contributed by atoms with Gasteiger partial charge in [-0.25, -0.2) is 14.3 Å². The molecule has 0 aliphatic heterocycles. The average molecular weight is 430 g/mol. The second kappa shape index (κ2) is 7.29. The van der Waals surface area contributed by atoms with Crippen LogP contribution in [0.4, 0.5) is 5.69 Å². The minimum absolute atomic E-state index is 0.00522. The van der Waals surface area contributed by atoms with Gasteiger partial charge in [-0.3, -0.25) is 4.72 Å². The van der Waals surface area contributed by atoms with E-state index in [1.165, 1.54) is 22.8 Å². The van der Waals surface area contributed by atoms with Gasteiger partial charge in [0.15, 0.2) is 0 Å². The lowest BCUT2D eigenvalue weighted by Crippen LogP contribution is -2.16. The number of halogens is 2. The van der Waals surface area contributed by atoms with Crippen molar-refractivity contribution < 1.29 is 17.9 Å². The van der Waals surface area contributed by atoms with E-state index in [4.69, 9.17) is 27.9 Å². The largest absolute Gasteiger partial charge is 0.462 e. The van der Waals surface area contributed by atoms with Gasteiger partial charge < -0.3 is 4.74 Å². The summed E-state index contributed by atoms with van der Waals surface area (Å²) in [6.45, 7) is 3.51. The second-order valence-electron chi connectivity index (χ2n) is 5.32. The van der Waals surface area contributed by atoms with Gasteiger partial charge in [-0.1, -0.05) is 23.2 Å². The molecular formula is C15H13Cl2N5O4S. The molecule has 12 heteroatoms. The van der Waals surface area contributed by atoms with Crippen LogP contribution >= 0.6 is 23.2 Å². The zero-order valence-electron chi connectivity index (χ0n) is 14.1. The molecule has 0 saturated heterocycles. The number of benzene rings is 1. The Labute approximate surface area is 164 Å². The molecule has 0 aliphatic carbocycles. The monoisotopic (exact) mass is 429 g/mol. The molecule has 2 heterocycles. The van der Waals surface area contributed by atoms with Crippen LogP contribution in [-0.2, 0) is 14.8 Å². The van der Waals surface area contributed by atoms with Gasteiger partial charge in [0.05, 0.1) is 27.9 Å². The van der Waals surface area contributed by atoms with E-state index in [0.29, 0.717) is 5.69 Å². The first-order valence-electron chi connectivity index (χ1n) is 7.61. The molecule has 1 aromatic carbocycles. The number of fused-ring (bicyclic) bond motifs is 1. The van der Waals surface area contributed by atoms with E-state index in [0.717, 1.165) is 0 Å². The highest BCUT2D eigenvalue weighted by atomic mass is 35.5. The summed E-state index contributed by atoms with van der Waals surface area (Å²) in [7, 11) is -4.24. The van der Waals surface area contributed by atoms with E-state index in [1.807, 2.05) is 0 Å². The number of rotatable bonds is 5. The molecule has 27 heavy (non-hydrogen) atoms. The number of hydrogen-bond acceptors (Lipinski definition) is 7. The number of sulfonamides is 1. The highest BCUT2D eigenvalue weighted by molar-refractivity contribution is 7.92. The van der Waals surface area contributed by atoms with E-state index in [1.54, 1.807) is 19.9 Å². The SMILES string of the molecule is CCOC(=O)c1ccc(Cl)c(NS(=O)(=O)c2nc3nc(C)ccn3n2)c1Cl. The second-order valence-corrected chi connectivity index (χ2v) is 7.68. The summed E-state index contributed by atoms with van der Waals surface area (Å²) in [6.07, 6.45) is 1.53.